The first-order valence-corrected chi connectivity index (χ1v) is 6.02. The summed E-state index contributed by atoms with van der Waals surface area (Å²) in [7, 11) is 0. The number of aryl methyl sites for hydroxylation is 2. The van der Waals surface area contributed by atoms with E-state index in [9.17, 15) is 4.79 Å². The standard InChI is InChI=1S/C12H17N5O/c1-9-5-10(2)17(15-9)8-12(18)16-4-3-14-7-11(16)6-13/h5,11,14H,3-4,7-8H2,1-2H3. The second-order valence-electron chi connectivity index (χ2n) is 4.52. The molecule has 0 aromatic carbocycles. The minimum Gasteiger partial charge on any atom is -0.322 e. The zero-order valence-electron chi connectivity index (χ0n) is 10.7. The van der Waals surface area contributed by atoms with E-state index in [2.05, 4.69) is 16.5 Å². The van der Waals surface area contributed by atoms with Crippen LogP contribution < -0.4 is 5.32 Å². The van der Waals surface area contributed by atoms with Crippen molar-refractivity contribution < 1.29 is 4.79 Å². The van der Waals surface area contributed by atoms with Crippen LogP contribution in [-0.4, -0.2) is 46.3 Å². The molecule has 0 aliphatic carbocycles. The molecule has 2 heterocycles. The number of carbonyl (C=O) groups excluding carboxylic acids is 1. The molecule has 2 rings (SSSR count). The second-order valence-corrected chi connectivity index (χ2v) is 4.52. The second kappa shape index (κ2) is 5.19. The highest BCUT2D eigenvalue weighted by molar-refractivity contribution is 5.77. The van der Waals surface area contributed by atoms with Crippen molar-refractivity contribution in [3.63, 3.8) is 0 Å². The molecule has 6 heteroatoms. The van der Waals surface area contributed by atoms with Crippen molar-refractivity contribution in [2.24, 2.45) is 0 Å². The normalized spacial score (nSPS) is 19.6. The Morgan fingerprint density at radius 1 is 1.67 bits per heavy atom. The maximum atomic E-state index is 12.2. The molecular weight excluding hydrogens is 230 g/mol. The van der Waals surface area contributed by atoms with Crippen LogP contribution in [0.5, 0.6) is 0 Å². The van der Waals surface area contributed by atoms with Crippen LogP contribution in [0.3, 0.4) is 0 Å². The predicted molar refractivity (Wildman–Crippen MR) is 65.7 cm³/mol. The van der Waals surface area contributed by atoms with E-state index in [4.69, 9.17) is 5.26 Å². The number of piperazine rings is 1. The van der Waals surface area contributed by atoms with Crippen molar-refractivity contribution in [1.29, 1.82) is 5.26 Å². The van der Waals surface area contributed by atoms with Crippen molar-refractivity contribution in [3.05, 3.63) is 17.5 Å². The fraction of sp³-hybridized carbons (Fsp3) is 0.583. The minimum atomic E-state index is -0.372. The number of rotatable bonds is 2. The van der Waals surface area contributed by atoms with E-state index in [1.807, 2.05) is 19.9 Å². The van der Waals surface area contributed by atoms with Gasteiger partial charge in [0, 0.05) is 25.3 Å². The van der Waals surface area contributed by atoms with Gasteiger partial charge in [0.15, 0.2) is 0 Å². The topological polar surface area (TPSA) is 74.0 Å². The van der Waals surface area contributed by atoms with Crippen molar-refractivity contribution in [1.82, 2.24) is 20.0 Å². The van der Waals surface area contributed by atoms with Crippen LogP contribution in [0.2, 0.25) is 0 Å². The summed E-state index contributed by atoms with van der Waals surface area (Å²) in [6.07, 6.45) is 0. The summed E-state index contributed by atoms with van der Waals surface area (Å²) in [6, 6.07) is 3.72. The van der Waals surface area contributed by atoms with Gasteiger partial charge in [-0.15, -0.1) is 0 Å². The number of nitriles is 1. The Kier molecular flexibility index (Phi) is 3.63. The molecule has 0 bridgehead atoms. The van der Waals surface area contributed by atoms with Crippen molar-refractivity contribution in [3.8, 4) is 6.07 Å². The number of amides is 1. The van der Waals surface area contributed by atoms with E-state index in [0.717, 1.165) is 17.9 Å². The number of aromatic nitrogens is 2. The maximum Gasteiger partial charge on any atom is 0.245 e. The predicted octanol–water partition coefficient (Wildman–Crippen LogP) is -0.176. The molecule has 1 fully saturated rings. The van der Waals surface area contributed by atoms with Gasteiger partial charge >= 0.3 is 0 Å². The van der Waals surface area contributed by atoms with E-state index in [-0.39, 0.29) is 18.5 Å². The Balaban J connectivity index is 2.07. The number of hydrogen-bond donors (Lipinski definition) is 1. The van der Waals surface area contributed by atoms with Crippen LogP contribution >= 0.6 is 0 Å². The van der Waals surface area contributed by atoms with E-state index in [1.165, 1.54) is 0 Å². The summed E-state index contributed by atoms with van der Waals surface area (Å²) in [5.74, 6) is -0.0470. The highest BCUT2D eigenvalue weighted by atomic mass is 16.2. The molecule has 6 nitrogen and oxygen atoms in total. The lowest BCUT2D eigenvalue weighted by atomic mass is 10.2. The zero-order chi connectivity index (χ0) is 13.1. The van der Waals surface area contributed by atoms with E-state index < -0.39 is 0 Å². The van der Waals surface area contributed by atoms with E-state index in [1.54, 1.807) is 9.58 Å². The Labute approximate surface area is 106 Å². The number of carbonyl (C=O) groups is 1. The van der Waals surface area contributed by atoms with Crippen LogP contribution in [0.25, 0.3) is 0 Å². The number of nitrogens with zero attached hydrogens (tertiary/aromatic N) is 4. The first-order valence-electron chi connectivity index (χ1n) is 6.02. The van der Waals surface area contributed by atoms with Crippen molar-refractivity contribution in [2.45, 2.75) is 26.4 Å². The van der Waals surface area contributed by atoms with Gasteiger partial charge in [-0.2, -0.15) is 10.4 Å². The van der Waals surface area contributed by atoms with Crippen LogP contribution in [-0.2, 0) is 11.3 Å². The van der Waals surface area contributed by atoms with Crippen LogP contribution in [0.4, 0.5) is 0 Å². The van der Waals surface area contributed by atoms with Gasteiger partial charge in [-0.25, -0.2) is 0 Å². The Morgan fingerprint density at radius 3 is 3.06 bits per heavy atom. The van der Waals surface area contributed by atoms with Gasteiger partial charge in [-0.3, -0.25) is 9.48 Å². The maximum absolute atomic E-state index is 12.2. The lowest BCUT2D eigenvalue weighted by Crippen LogP contribution is -2.53. The first kappa shape index (κ1) is 12.6. The smallest absolute Gasteiger partial charge is 0.245 e. The third-order valence-corrected chi connectivity index (χ3v) is 3.10. The average molecular weight is 247 g/mol. The summed E-state index contributed by atoms with van der Waals surface area (Å²) in [4.78, 5) is 13.8. The van der Waals surface area contributed by atoms with Gasteiger partial charge in [0.25, 0.3) is 0 Å². The van der Waals surface area contributed by atoms with Gasteiger partial charge < -0.3 is 10.2 Å². The molecular formula is C12H17N5O. The summed E-state index contributed by atoms with van der Waals surface area (Å²) in [6.45, 7) is 5.89. The minimum absolute atomic E-state index is 0.0470. The molecule has 1 N–H and O–H groups in total. The third-order valence-electron chi connectivity index (χ3n) is 3.10. The Bertz CT molecular complexity index is 487. The highest BCUT2D eigenvalue weighted by Crippen LogP contribution is 2.07. The molecule has 1 aliphatic rings. The van der Waals surface area contributed by atoms with Gasteiger partial charge in [-0.1, -0.05) is 0 Å². The van der Waals surface area contributed by atoms with E-state index >= 15 is 0 Å². The van der Waals surface area contributed by atoms with Crippen LogP contribution in [0.1, 0.15) is 11.4 Å². The average Bonchev–Trinajstić information content (AvgIpc) is 2.67. The third kappa shape index (κ3) is 2.51. The molecule has 0 saturated carbocycles. The van der Waals surface area contributed by atoms with E-state index in [0.29, 0.717) is 13.1 Å². The monoisotopic (exact) mass is 247 g/mol. The van der Waals surface area contributed by atoms with Crippen LogP contribution in [0.15, 0.2) is 6.07 Å². The summed E-state index contributed by atoms with van der Waals surface area (Å²) in [5.41, 5.74) is 1.86. The molecule has 1 saturated heterocycles. The highest BCUT2D eigenvalue weighted by Gasteiger charge is 2.26. The lowest BCUT2D eigenvalue weighted by molar-refractivity contribution is -0.134. The molecule has 1 aromatic heterocycles. The Hall–Kier alpha value is -1.87. The molecule has 1 aliphatic heterocycles. The summed E-state index contributed by atoms with van der Waals surface area (Å²) >= 11 is 0. The van der Waals surface area contributed by atoms with Gasteiger partial charge in [0.05, 0.1) is 11.8 Å². The first-order chi connectivity index (χ1) is 8.61. The van der Waals surface area contributed by atoms with Gasteiger partial charge in [0.2, 0.25) is 5.91 Å². The molecule has 1 aromatic rings. The summed E-state index contributed by atoms with van der Waals surface area (Å²) in [5, 5.41) is 16.4. The fourth-order valence-corrected chi connectivity index (χ4v) is 2.17. The number of hydrogen-bond acceptors (Lipinski definition) is 4. The summed E-state index contributed by atoms with van der Waals surface area (Å²) < 4.78 is 1.69. The van der Waals surface area contributed by atoms with Crippen molar-refractivity contribution in [2.75, 3.05) is 19.6 Å². The zero-order valence-corrected chi connectivity index (χ0v) is 10.7. The fourth-order valence-electron chi connectivity index (χ4n) is 2.17. The number of nitrogens with one attached hydrogen (secondary N) is 1. The van der Waals surface area contributed by atoms with Crippen LogP contribution in [0, 0.1) is 25.2 Å². The Morgan fingerprint density at radius 2 is 2.44 bits per heavy atom. The molecule has 0 spiro atoms. The molecule has 1 atom stereocenters. The molecule has 96 valence electrons. The largest absolute Gasteiger partial charge is 0.322 e. The van der Waals surface area contributed by atoms with Gasteiger partial charge in [0.1, 0.15) is 12.6 Å². The van der Waals surface area contributed by atoms with Crippen molar-refractivity contribution >= 4 is 5.91 Å². The molecule has 0 radical (unpaired) electrons. The molecule has 18 heavy (non-hydrogen) atoms. The molecule has 1 amide bonds. The quantitative estimate of drug-likeness (QED) is 0.787. The molecule has 1 unspecified atom stereocenters. The SMILES string of the molecule is Cc1cc(C)n(CC(=O)N2CCNCC2C#N)n1. The van der Waals surface area contributed by atoms with Gasteiger partial charge in [-0.05, 0) is 19.9 Å². The lowest BCUT2D eigenvalue weighted by Gasteiger charge is -2.32.